The van der Waals surface area contributed by atoms with Gasteiger partial charge in [-0.3, -0.25) is 9.78 Å². The highest BCUT2D eigenvalue weighted by Crippen LogP contribution is 2.39. The van der Waals surface area contributed by atoms with Crippen LogP contribution in [0.2, 0.25) is 0 Å². The summed E-state index contributed by atoms with van der Waals surface area (Å²) in [5.74, 6) is 0.166. The predicted molar refractivity (Wildman–Crippen MR) is 91.5 cm³/mol. The normalized spacial score (nSPS) is 23.6. The van der Waals surface area contributed by atoms with Crippen molar-refractivity contribution in [3.63, 3.8) is 0 Å². The Hall–Kier alpha value is -2.11. The van der Waals surface area contributed by atoms with Crippen LogP contribution in [0, 0.1) is 5.41 Å². The fourth-order valence-corrected chi connectivity index (χ4v) is 3.92. The van der Waals surface area contributed by atoms with Crippen molar-refractivity contribution in [3.05, 3.63) is 30.1 Å². The van der Waals surface area contributed by atoms with Crippen LogP contribution in [0.4, 0.5) is 4.79 Å². The Morgan fingerprint density at radius 2 is 2.00 bits per heavy atom. The molecule has 1 unspecified atom stereocenters. The molecule has 1 spiro atoms. The van der Waals surface area contributed by atoms with Crippen LogP contribution >= 0.6 is 0 Å². The maximum atomic E-state index is 12.6. The van der Waals surface area contributed by atoms with Crippen molar-refractivity contribution < 1.29 is 9.59 Å². The van der Waals surface area contributed by atoms with Gasteiger partial charge >= 0.3 is 6.03 Å². The zero-order chi connectivity index (χ0) is 17.2. The Balaban J connectivity index is 1.62. The first-order valence-electron chi connectivity index (χ1n) is 8.62. The summed E-state index contributed by atoms with van der Waals surface area (Å²) in [6, 6.07) is 3.88. The van der Waals surface area contributed by atoms with E-state index in [2.05, 4.69) is 4.98 Å². The predicted octanol–water partition coefficient (Wildman–Crippen LogP) is 1.62. The molecule has 6 heteroatoms. The van der Waals surface area contributed by atoms with Gasteiger partial charge in [0.1, 0.15) is 0 Å². The summed E-state index contributed by atoms with van der Waals surface area (Å²) in [6.07, 6.45) is 6.99. The molecule has 2 saturated heterocycles. The van der Waals surface area contributed by atoms with Crippen molar-refractivity contribution in [2.75, 3.05) is 40.3 Å². The van der Waals surface area contributed by atoms with E-state index in [9.17, 15) is 9.59 Å². The summed E-state index contributed by atoms with van der Waals surface area (Å²) in [7, 11) is 3.58. The number of carbonyl (C=O) groups is 2. The van der Waals surface area contributed by atoms with Crippen molar-refractivity contribution in [2.24, 2.45) is 5.41 Å². The molecule has 1 atom stereocenters. The highest BCUT2D eigenvalue weighted by atomic mass is 16.2. The summed E-state index contributed by atoms with van der Waals surface area (Å²) >= 11 is 0. The number of aromatic nitrogens is 1. The second-order valence-corrected chi connectivity index (χ2v) is 7.31. The van der Waals surface area contributed by atoms with Gasteiger partial charge in [-0.05, 0) is 30.9 Å². The number of piperidine rings is 1. The third-order valence-electron chi connectivity index (χ3n) is 5.18. The third kappa shape index (κ3) is 3.52. The van der Waals surface area contributed by atoms with E-state index >= 15 is 0 Å². The molecule has 0 saturated carbocycles. The molecule has 3 rings (SSSR count). The molecule has 0 bridgehead atoms. The monoisotopic (exact) mass is 330 g/mol. The first-order chi connectivity index (χ1) is 11.5. The second-order valence-electron chi connectivity index (χ2n) is 7.31. The molecule has 130 valence electrons. The lowest BCUT2D eigenvalue weighted by molar-refractivity contribution is -0.133. The summed E-state index contributed by atoms with van der Waals surface area (Å²) in [5.41, 5.74) is 1.03. The topological polar surface area (TPSA) is 56.8 Å². The van der Waals surface area contributed by atoms with Gasteiger partial charge in [-0.1, -0.05) is 6.07 Å². The van der Waals surface area contributed by atoms with Gasteiger partial charge in [0.05, 0.1) is 6.42 Å². The van der Waals surface area contributed by atoms with Gasteiger partial charge in [0, 0.05) is 58.1 Å². The van der Waals surface area contributed by atoms with Gasteiger partial charge in [-0.25, -0.2) is 4.79 Å². The molecule has 24 heavy (non-hydrogen) atoms. The number of urea groups is 1. The summed E-state index contributed by atoms with van der Waals surface area (Å²) in [6.45, 7) is 3.15. The number of pyridine rings is 1. The largest absolute Gasteiger partial charge is 0.342 e. The minimum absolute atomic E-state index is 0.0747. The minimum atomic E-state index is 0.0747. The van der Waals surface area contributed by atoms with Crippen molar-refractivity contribution in [3.8, 4) is 0 Å². The molecule has 3 heterocycles. The van der Waals surface area contributed by atoms with Gasteiger partial charge in [0.15, 0.2) is 0 Å². The van der Waals surface area contributed by atoms with Crippen LogP contribution in [-0.2, 0) is 11.2 Å². The molecule has 2 fully saturated rings. The first kappa shape index (κ1) is 16.7. The smallest absolute Gasteiger partial charge is 0.319 e. The molecular formula is C18H26N4O2. The highest BCUT2D eigenvalue weighted by Gasteiger charge is 2.43. The lowest BCUT2D eigenvalue weighted by atomic mass is 9.79. The van der Waals surface area contributed by atoms with Crippen LogP contribution in [0.3, 0.4) is 0 Å². The molecule has 0 aliphatic carbocycles. The van der Waals surface area contributed by atoms with Crippen LogP contribution in [0.25, 0.3) is 0 Å². The molecular weight excluding hydrogens is 304 g/mol. The minimum Gasteiger partial charge on any atom is -0.342 e. The number of likely N-dealkylation sites (tertiary alicyclic amines) is 2. The average molecular weight is 330 g/mol. The van der Waals surface area contributed by atoms with E-state index in [1.54, 1.807) is 31.4 Å². The van der Waals surface area contributed by atoms with E-state index in [1.165, 1.54) is 0 Å². The van der Waals surface area contributed by atoms with E-state index in [0.717, 1.165) is 51.0 Å². The lowest BCUT2D eigenvalue weighted by Gasteiger charge is -2.40. The number of hydrogen-bond donors (Lipinski definition) is 0. The molecule has 1 aromatic heterocycles. The fourth-order valence-electron chi connectivity index (χ4n) is 3.92. The maximum Gasteiger partial charge on any atom is 0.319 e. The Bertz CT molecular complexity index is 604. The van der Waals surface area contributed by atoms with E-state index in [-0.39, 0.29) is 17.4 Å². The van der Waals surface area contributed by atoms with Crippen LogP contribution < -0.4 is 0 Å². The Labute approximate surface area is 143 Å². The molecule has 2 aliphatic rings. The van der Waals surface area contributed by atoms with Crippen LogP contribution in [0.15, 0.2) is 24.5 Å². The standard InChI is InChI=1S/C18H26N4O2/c1-20(2)17(24)22-10-7-18(14-22)6-4-9-21(13-18)16(23)11-15-5-3-8-19-12-15/h3,5,8,12H,4,6-7,9-11,13-14H2,1-2H3. The van der Waals surface area contributed by atoms with E-state index in [0.29, 0.717) is 6.42 Å². The molecule has 2 aliphatic heterocycles. The number of rotatable bonds is 2. The molecule has 0 radical (unpaired) electrons. The quantitative estimate of drug-likeness (QED) is 0.828. The average Bonchev–Trinajstić information content (AvgIpc) is 2.98. The first-order valence-corrected chi connectivity index (χ1v) is 8.62. The molecule has 1 aromatic rings. The van der Waals surface area contributed by atoms with E-state index < -0.39 is 0 Å². The van der Waals surface area contributed by atoms with E-state index in [1.807, 2.05) is 21.9 Å². The highest BCUT2D eigenvalue weighted by molar-refractivity contribution is 5.79. The molecule has 0 N–H and O–H groups in total. The van der Waals surface area contributed by atoms with E-state index in [4.69, 9.17) is 0 Å². The zero-order valence-corrected chi connectivity index (χ0v) is 14.6. The number of hydrogen-bond acceptors (Lipinski definition) is 3. The molecule has 0 aromatic carbocycles. The van der Waals surface area contributed by atoms with Gasteiger partial charge in [-0.2, -0.15) is 0 Å². The SMILES string of the molecule is CN(C)C(=O)N1CCC2(CCCN(C(=O)Cc3cccnc3)C2)C1. The van der Waals surface area contributed by atoms with Crippen molar-refractivity contribution in [1.29, 1.82) is 0 Å². The Morgan fingerprint density at radius 1 is 1.21 bits per heavy atom. The number of nitrogens with zero attached hydrogens (tertiary/aromatic N) is 4. The fraction of sp³-hybridized carbons (Fsp3) is 0.611. The van der Waals surface area contributed by atoms with Crippen LogP contribution in [0.5, 0.6) is 0 Å². The van der Waals surface area contributed by atoms with Gasteiger partial charge in [-0.15, -0.1) is 0 Å². The van der Waals surface area contributed by atoms with Crippen molar-refractivity contribution >= 4 is 11.9 Å². The summed E-state index contributed by atoms with van der Waals surface area (Å²) in [5, 5.41) is 0. The van der Waals surface area contributed by atoms with Crippen LogP contribution in [0.1, 0.15) is 24.8 Å². The Kier molecular flexibility index (Phi) is 4.73. The van der Waals surface area contributed by atoms with Gasteiger partial charge in [0.25, 0.3) is 0 Å². The summed E-state index contributed by atoms with van der Waals surface area (Å²) in [4.78, 5) is 34.5. The molecule has 6 nitrogen and oxygen atoms in total. The lowest BCUT2D eigenvalue weighted by Crippen LogP contribution is -2.48. The van der Waals surface area contributed by atoms with Crippen LogP contribution in [-0.4, -0.2) is 71.9 Å². The number of amides is 3. The third-order valence-corrected chi connectivity index (χ3v) is 5.18. The molecule has 3 amide bonds. The van der Waals surface area contributed by atoms with Gasteiger partial charge in [0.2, 0.25) is 5.91 Å². The second kappa shape index (κ2) is 6.79. The maximum absolute atomic E-state index is 12.6. The Morgan fingerprint density at radius 3 is 2.71 bits per heavy atom. The zero-order valence-electron chi connectivity index (χ0n) is 14.6. The van der Waals surface area contributed by atoms with Crippen molar-refractivity contribution in [1.82, 2.24) is 19.7 Å². The van der Waals surface area contributed by atoms with Gasteiger partial charge < -0.3 is 14.7 Å². The van der Waals surface area contributed by atoms with Crippen molar-refractivity contribution in [2.45, 2.75) is 25.7 Å². The summed E-state index contributed by atoms with van der Waals surface area (Å²) < 4.78 is 0. The number of carbonyl (C=O) groups excluding carboxylic acids is 2.